The average Bonchev–Trinajstić information content (AvgIpc) is 2.44. The predicted octanol–water partition coefficient (Wildman–Crippen LogP) is 2.47. The molecular weight excluding hydrogens is 270 g/mol. The van der Waals surface area contributed by atoms with Crippen LogP contribution in [0.4, 0.5) is 0 Å². The Bertz CT molecular complexity index is 455. The van der Waals surface area contributed by atoms with Crippen molar-refractivity contribution < 1.29 is 19.2 Å². The maximum absolute atomic E-state index is 11.7. The molecule has 0 amide bonds. The number of hydrogen-bond acceptors (Lipinski definition) is 5. The standard InChI is InChI=1S/C16H23NO4/c1-2-20-14(18)3-4-15(19)21-17-16-12-6-10-5-11(8-12)9-13(16)7-10/h10-12,17H,2-9H2,1H3/t10-,11+,12?. The fraction of sp³-hybridized carbons (Fsp3) is 0.750. The van der Waals surface area contributed by atoms with Gasteiger partial charge >= 0.3 is 11.9 Å². The summed E-state index contributed by atoms with van der Waals surface area (Å²) in [6.45, 7) is 2.09. The van der Waals surface area contributed by atoms with Gasteiger partial charge in [-0.05, 0) is 56.4 Å². The molecule has 4 aliphatic rings. The molecule has 5 heteroatoms. The van der Waals surface area contributed by atoms with E-state index in [-0.39, 0.29) is 18.8 Å². The molecule has 116 valence electrons. The number of esters is 1. The molecule has 2 saturated carbocycles. The van der Waals surface area contributed by atoms with Gasteiger partial charge in [0, 0.05) is 5.92 Å². The SMILES string of the molecule is CCOC(=O)CCC(=O)ONC1=C2C[C@@H]3CC1C[C@H](C2)C3. The van der Waals surface area contributed by atoms with Gasteiger partial charge in [-0.2, -0.15) is 0 Å². The third-order valence-electron chi connectivity index (χ3n) is 4.88. The minimum atomic E-state index is -0.398. The predicted molar refractivity (Wildman–Crippen MR) is 75.7 cm³/mol. The van der Waals surface area contributed by atoms with E-state index in [2.05, 4.69) is 5.48 Å². The lowest BCUT2D eigenvalue weighted by Gasteiger charge is -2.47. The van der Waals surface area contributed by atoms with Crippen LogP contribution in [0, 0.1) is 17.8 Å². The number of carbonyl (C=O) groups is 2. The van der Waals surface area contributed by atoms with Gasteiger partial charge in [-0.1, -0.05) is 0 Å². The molecule has 5 nitrogen and oxygen atoms in total. The maximum Gasteiger partial charge on any atom is 0.332 e. The zero-order valence-corrected chi connectivity index (χ0v) is 12.5. The number of hydrogen-bond donors (Lipinski definition) is 1. The lowest BCUT2D eigenvalue weighted by Crippen LogP contribution is -2.40. The van der Waals surface area contributed by atoms with Crippen molar-refractivity contribution in [3.05, 3.63) is 11.3 Å². The number of nitrogens with one attached hydrogen (secondary N) is 1. The first kappa shape index (κ1) is 14.4. The quantitative estimate of drug-likeness (QED) is 0.602. The highest BCUT2D eigenvalue weighted by atomic mass is 16.7. The molecule has 0 aromatic carbocycles. The highest BCUT2D eigenvalue weighted by Gasteiger charge is 2.42. The first-order valence-electron chi connectivity index (χ1n) is 7.99. The topological polar surface area (TPSA) is 64.6 Å². The van der Waals surface area contributed by atoms with Crippen LogP contribution in [0.3, 0.4) is 0 Å². The summed E-state index contributed by atoms with van der Waals surface area (Å²) >= 11 is 0. The molecule has 0 radical (unpaired) electrons. The van der Waals surface area contributed by atoms with Gasteiger partial charge in [0.1, 0.15) is 0 Å². The van der Waals surface area contributed by atoms with Crippen molar-refractivity contribution in [3.63, 3.8) is 0 Å². The van der Waals surface area contributed by atoms with Crippen LogP contribution >= 0.6 is 0 Å². The van der Waals surface area contributed by atoms with Gasteiger partial charge in [0.15, 0.2) is 0 Å². The minimum absolute atomic E-state index is 0.0599. The molecule has 4 rings (SSSR count). The highest BCUT2D eigenvalue weighted by molar-refractivity contribution is 5.77. The molecule has 2 fully saturated rings. The second-order valence-electron chi connectivity index (χ2n) is 6.44. The number of allylic oxidation sites excluding steroid dienone is 2. The Hall–Kier alpha value is -1.52. The van der Waals surface area contributed by atoms with E-state index in [0.29, 0.717) is 12.5 Å². The van der Waals surface area contributed by atoms with Gasteiger partial charge in [-0.25, -0.2) is 10.3 Å². The van der Waals surface area contributed by atoms with E-state index in [4.69, 9.17) is 9.57 Å². The van der Waals surface area contributed by atoms with Crippen LogP contribution in [0.5, 0.6) is 0 Å². The van der Waals surface area contributed by atoms with Crippen molar-refractivity contribution in [2.24, 2.45) is 17.8 Å². The first-order valence-corrected chi connectivity index (χ1v) is 7.99. The summed E-state index contributed by atoms with van der Waals surface area (Å²) in [6, 6.07) is 0. The van der Waals surface area contributed by atoms with Crippen molar-refractivity contribution in [1.82, 2.24) is 5.48 Å². The fourth-order valence-corrected chi connectivity index (χ4v) is 4.18. The summed E-state index contributed by atoms with van der Waals surface area (Å²) in [6.07, 6.45) is 6.29. The number of ether oxygens (including phenoxy) is 1. The molecule has 1 unspecified atom stereocenters. The second-order valence-corrected chi connectivity index (χ2v) is 6.44. The zero-order chi connectivity index (χ0) is 14.8. The van der Waals surface area contributed by atoms with Crippen molar-refractivity contribution in [1.29, 1.82) is 0 Å². The van der Waals surface area contributed by atoms with Gasteiger partial charge in [-0.3, -0.25) is 4.79 Å². The normalized spacial score (nSPS) is 29.5. The molecule has 0 aromatic rings. The third-order valence-corrected chi connectivity index (χ3v) is 4.88. The molecule has 0 heterocycles. The third kappa shape index (κ3) is 3.22. The van der Waals surface area contributed by atoms with Gasteiger partial charge in [0.05, 0.1) is 25.1 Å². The second kappa shape index (κ2) is 6.08. The van der Waals surface area contributed by atoms with E-state index in [1.165, 1.54) is 24.8 Å². The largest absolute Gasteiger partial charge is 0.466 e. The minimum Gasteiger partial charge on any atom is -0.466 e. The summed E-state index contributed by atoms with van der Waals surface area (Å²) in [5, 5.41) is 0. The van der Waals surface area contributed by atoms with Crippen LogP contribution in [0.25, 0.3) is 0 Å². The maximum atomic E-state index is 11.7. The number of carbonyl (C=O) groups excluding carboxylic acids is 2. The Morgan fingerprint density at radius 1 is 1.10 bits per heavy atom. The number of rotatable bonds is 6. The molecule has 0 spiro atoms. The Balaban J connectivity index is 1.47. The fourth-order valence-electron chi connectivity index (χ4n) is 4.18. The van der Waals surface area contributed by atoms with E-state index < -0.39 is 5.97 Å². The Morgan fingerprint density at radius 2 is 1.76 bits per heavy atom. The van der Waals surface area contributed by atoms with E-state index in [9.17, 15) is 9.59 Å². The summed E-state index contributed by atoms with van der Waals surface area (Å²) in [5.74, 6) is 1.49. The Kier molecular flexibility index (Phi) is 4.17. The smallest absolute Gasteiger partial charge is 0.332 e. The first-order chi connectivity index (χ1) is 10.2. The van der Waals surface area contributed by atoms with Crippen molar-refractivity contribution in [2.45, 2.75) is 51.9 Å². The molecule has 21 heavy (non-hydrogen) atoms. The van der Waals surface area contributed by atoms with Crippen molar-refractivity contribution in [2.75, 3.05) is 6.61 Å². The summed E-state index contributed by atoms with van der Waals surface area (Å²) in [7, 11) is 0. The van der Waals surface area contributed by atoms with Gasteiger partial charge < -0.3 is 9.57 Å². The van der Waals surface area contributed by atoms with Crippen LogP contribution in [0.2, 0.25) is 0 Å². The van der Waals surface area contributed by atoms with Crippen LogP contribution in [-0.2, 0) is 19.2 Å². The highest BCUT2D eigenvalue weighted by Crippen LogP contribution is 2.52. The Labute approximate surface area is 125 Å². The molecule has 3 atom stereocenters. The van der Waals surface area contributed by atoms with Crippen molar-refractivity contribution in [3.8, 4) is 0 Å². The van der Waals surface area contributed by atoms with Crippen LogP contribution < -0.4 is 5.48 Å². The number of hydroxylamine groups is 1. The monoisotopic (exact) mass is 293 g/mol. The van der Waals surface area contributed by atoms with Crippen LogP contribution in [-0.4, -0.2) is 18.5 Å². The lowest BCUT2D eigenvalue weighted by molar-refractivity contribution is -0.154. The van der Waals surface area contributed by atoms with E-state index in [0.717, 1.165) is 30.4 Å². The van der Waals surface area contributed by atoms with E-state index in [1.54, 1.807) is 6.92 Å². The van der Waals surface area contributed by atoms with E-state index >= 15 is 0 Å². The Morgan fingerprint density at radius 3 is 2.38 bits per heavy atom. The summed E-state index contributed by atoms with van der Waals surface area (Å²) in [5.41, 5.74) is 5.50. The van der Waals surface area contributed by atoms with Gasteiger partial charge in [0.2, 0.25) is 0 Å². The summed E-state index contributed by atoms with van der Waals surface area (Å²) < 4.78 is 4.79. The molecule has 0 aromatic heterocycles. The average molecular weight is 293 g/mol. The molecule has 1 N–H and O–H groups in total. The van der Waals surface area contributed by atoms with Gasteiger partial charge in [-0.15, -0.1) is 0 Å². The molecular formula is C16H23NO4. The zero-order valence-electron chi connectivity index (χ0n) is 12.5. The van der Waals surface area contributed by atoms with E-state index in [1.807, 2.05) is 0 Å². The van der Waals surface area contributed by atoms with Crippen molar-refractivity contribution >= 4 is 11.9 Å². The summed E-state index contributed by atoms with van der Waals surface area (Å²) in [4.78, 5) is 28.0. The lowest BCUT2D eigenvalue weighted by atomic mass is 9.60. The van der Waals surface area contributed by atoms with Crippen LogP contribution in [0.15, 0.2) is 11.3 Å². The molecule has 4 aliphatic carbocycles. The molecule has 0 saturated heterocycles. The van der Waals surface area contributed by atoms with Gasteiger partial charge in [0.25, 0.3) is 0 Å². The molecule has 0 aliphatic heterocycles. The van der Waals surface area contributed by atoms with Crippen LogP contribution in [0.1, 0.15) is 51.9 Å². The molecule has 4 bridgehead atoms.